The van der Waals surface area contributed by atoms with Gasteiger partial charge in [0.15, 0.2) is 0 Å². The summed E-state index contributed by atoms with van der Waals surface area (Å²) in [4.78, 5) is 3.12. The summed E-state index contributed by atoms with van der Waals surface area (Å²) >= 11 is 0. The van der Waals surface area contributed by atoms with E-state index in [1.54, 1.807) is 0 Å². The van der Waals surface area contributed by atoms with Crippen molar-refractivity contribution in [2.24, 2.45) is 0 Å². The summed E-state index contributed by atoms with van der Waals surface area (Å²) in [6.45, 7) is 0. The molecule has 1 nitrogen and oxygen atoms in total. The molecular weight excluding hydrogens is 238 g/mol. The minimum absolute atomic E-state index is 0. The Hall–Kier alpha value is 0.286. The van der Waals surface area contributed by atoms with E-state index in [4.69, 9.17) is 0 Å². The average molecular weight is 242 g/mol. The van der Waals surface area contributed by atoms with Crippen molar-refractivity contribution < 1.29 is 38.0 Å². The van der Waals surface area contributed by atoms with Gasteiger partial charge in [-0.1, -0.05) is 6.07 Å². The normalized spacial score (nSPS) is 8.85. The summed E-state index contributed by atoms with van der Waals surface area (Å²) < 4.78 is 35.2. The molecule has 0 amide bonds. The van der Waals surface area contributed by atoms with Gasteiger partial charge in [-0.25, -0.2) is 0 Å². The summed E-state index contributed by atoms with van der Waals surface area (Å²) in [6.07, 6.45) is -3.20. The number of halogens is 5. The number of nitrogens with zero attached hydrogens (tertiary/aromatic N) is 1. The molecule has 0 unspecified atom stereocenters. The van der Waals surface area contributed by atoms with Crippen LogP contribution < -0.4 is 24.8 Å². The van der Waals surface area contributed by atoms with Gasteiger partial charge in [0, 0.05) is 6.20 Å². The maximum atomic E-state index is 11.7. The zero-order valence-corrected chi connectivity index (χ0v) is 9.28. The van der Waals surface area contributed by atoms with Crippen molar-refractivity contribution in [3.8, 4) is 0 Å². The average Bonchev–Trinajstić information content (AvgIpc) is 1.88. The minimum atomic E-state index is -4.32. The van der Waals surface area contributed by atoms with E-state index in [1.807, 2.05) is 0 Å². The number of hydrogen-bond donors (Lipinski definition) is 0. The van der Waals surface area contributed by atoms with Crippen molar-refractivity contribution in [1.82, 2.24) is 4.98 Å². The van der Waals surface area contributed by atoms with Crippen LogP contribution in [0.25, 0.3) is 0 Å². The quantitative estimate of drug-likeness (QED) is 0.420. The first-order valence-corrected chi connectivity index (χ1v) is 2.59. The van der Waals surface area contributed by atoms with E-state index in [2.05, 4.69) is 4.98 Å². The second kappa shape index (κ2) is 7.67. The number of aromatic nitrogens is 1. The van der Waals surface area contributed by atoms with Gasteiger partial charge in [-0.3, -0.25) is 4.98 Å². The molecule has 0 saturated carbocycles. The standard InChI is InChI=1S/C6H4F3N.2ClH.Mg/c7-6(8,9)5-3-1-2-4-10-5;;;/h1-4H;2*1H;/q;;;+2/p-2. The molecule has 1 aromatic heterocycles. The van der Waals surface area contributed by atoms with Gasteiger partial charge < -0.3 is 24.8 Å². The van der Waals surface area contributed by atoms with E-state index in [-0.39, 0.29) is 47.9 Å². The van der Waals surface area contributed by atoms with Gasteiger partial charge >= 0.3 is 29.2 Å². The predicted molar refractivity (Wildman–Crippen MR) is 35.0 cm³/mol. The zero-order valence-electron chi connectivity index (χ0n) is 6.35. The summed E-state index contributed by atoms with van der Waals surface area (Å²) in [5.74, 6) is 0. The molecule has 1 rings (SSSR count). The van der Waals surface area contributed by atoms with Crippen molar-refractivity contribution in [1.29, 1.82) is 0 Å². The van der Waals surface area contributed by atoms with Crippen LogP contribution in [0.15, 0.2) is 24.4 Å². The van der Waals surface area contributed by atoms with Gasteiger partial charge in [-0.15, -0.1) is 0 Å². The molecule has 0 radical (unpaired) electrons. The van der Waals surface area contributed by atoms with E-state index in [9.17, 15) is 13.2 Å². The number of alkyl halides is 3. The SMILES string of the molecule is FC(F)(F)c1ccccn1.[Cl-].[Cl-].[Mg+2]. The molecule has 0 aromatic carbocycles. The molecule has 0 N–H and O–H groups in total. The van der Waals surface area contributed by atoms with E-state index >= 15 is 0 Å². The molecule has 0 aliphatic carbocycles. The summed E-state index contributed by atoms with van der Waals surface area (Å²) in [5, 5.41) is 0. The maximum absolute atomic E-state index is 11.7. The largest absolute Gasteiger partial charge is 2.00 e. The van der Waals surface area contributed by atoms with Gasteiger partial charge in [0.05, 0.1) is 0 Å². The van der Waals surface area contributed by atoms with Crippen molar-refractivity contribution in [3.63, 3.8) is 0 Å². The third kappa shape index (κ3) is 6.37. The smallest absolute Gasteiger partial charge is 1.00 e. The Bertz CT molecular complexity index is 217. The van der Waals surface area contributed by atoms with Crippen LogP contribution >= 0.6 is 0 Å². The molecule has 1 heterocycles. The van der Waals surface area contributed by atoms with Crippen LogP contribution in [0.5, 0.6) is 0 Å². The zero-order chi connectivity index (χ0) is 7.61. The molecular formula is C6H4Cl2F3MgN. The Labute approximate surface area is 102 Å². The first-order chi connectivity index (χ1) is 4.61. The van der Waals surface area contributed by atoms with E-state index < -0.39 is 11.9 Å². The van der Waals surface area contributed by atoms with Crippen LogP contribution in [-0.2, 0) is 6.18 Å². The van der Waals surface area contributed by atoms with E-state index in [0.717, 1.165) is 12.3 Å². The molecule has 1 aromatic rings. The molecule has 13 heavy (non-hydrogen) atoms. The third-order valence-corrected chi connectivity index (χ3v) is 0.955. The molecule has 0 fully saturated rings. The molecule has 0 atom stereocenters. The monoisotopic (exact) mass is 241 g/mol. The second-order valence-corrected chi connectivity index (χ2v) is 1.71. The Morgan fingerprint density at radius 1 is 1.08 bits per heavy atom. The Morgan fingerprint density at radius 3 is 1.85 bits per heavy atom. The fourth-order valence-corrected chi connectivity index (χ4v) is 0.530. The van der Waals surface area contributed by atoms with Gasteiger partial charge in [-0.05, 0) is 12.1 Å². The van der Waals surface area contributed by atoms with Crippen molar-refractivity contribution in [2.45, 2.75) is 6.18 Å². The molecule has 70 valence electrons. The van der Waals surface area contributed by atoms with E-state index in [0.29, 0.717) is 0 Å². The first kappa shape index (κ1) is 19.0. The molecule has 0 saturated heterocycles. The van der Waals surface area contributed by atoms with Gasteiger partial charge in [0.25, 0.3) is 0 Å². The predicted octanol–water partition coefficient (Wildman–Crippen LogP) is -4.27. The topological polar surface area (TPSA) is 12.9 Å². The van der Waals surface area contributed by atoms with E-state index in [1.165, 1.54) is 12.1 Å². The molecule has 7 heteroatoms. The molecule has 0 aliphatic rings. The minimum Gasteiger partial charge on any atom is -1.00 e. The Kier molecular flexibility index (Phi) is 11.2. The fourth-order valence-electron chi connectivity index (χ4n) is 0.530. The molecule has 0 bridgehead atoms. The van der Waals surface area contributed by atoms with Crippen LogP contribution in [0.2, 0.25) is 0 Å². The number of rotatable bonds is 0. The van der Waals surface area contributed by atoms with Crippen molar-refractivity contribution in [2.75, 3.05) is 0 Å². The Morgan fingerprint density at radius 2 is 1.62 bits per heavy atom. The van der Waals surface area contributed by atoms with Crippen LogP contribution in [0, 0.1) is 0 Å². The first-order valence-electron chi connectivity index (χ1n) is 2.59. The maximum Gasteiger partial charge on any atom is 2.00 e. The number of hydrogen-bond acceptors (Lipinski definition) is 1. The van der Waals surface area contributed by atoms with Crippen LogP contribution in [0.4, 0.5) is 13.2 Å². The molecule has 0 spiro atoms. The van der Waals surface area contributed by atoms with Gasteiger partial charge in [0.1, 0.15) is 5.69 Å². The van der Waals surface area contributed by atoms with Crippen LogP contribution in [0.3, 0.4) is 0 Å². The summed E-state index contributed by atoms with van der Waals surface area (Å²) in [7, 11) is 0. The third-order valence-electron chi connectivity index (χ3n) is 0.955. The van der Waals surface area contributed by atoms with Crippen LogP contribution in [0.1, 0.15) is 5.69 Å². The fraction of sp³-hybridized carbons (Fsp3) is 0.167. The summed E-state index contributed by atoms with van der Waals surface area (Å²) in [6, 6.07) is 3.67. The molecule has 0 aliphatic heterocycles. The van der Waals surface area contributed by atoms with Crippen molar-refractivity contribution in [3.05, 3.63) is 30.1 Å². The van der Waals surface area contributed by atoms with Crippen molar-refractivity contribution >= 4 is 23.1 Å². The number of pyridine rings is 1. The Balaban J connectivity index is -0.000000333. The summed E-state index contributed by atoms with van der Waals surface area (Å²) in [5.41, 5.74) is -0.852. The van der Waals surface area contributed by atoms with Gasteiger partial charge in [0.2, 0.25) is 0 Å². The second-order valence-electron chi connectivity index (χ2n) is 1.71. The van der Waals surface area contributed by atoms with Gasteiger partial charge in [-0.2, -0.15) is 13.2 Å². The van der Waals surface area contributed by atoms with Crippen LogP contribution in [-0.4, -0.2) is 28.0 Å².